The summed E-state index contributed by atoms with van der Waals surface area (Å²) in [7, 11) is 0. The number of carbonyl (C=O) groups is 1. The molecule has 0 spiro atoms. The maximum Gasteiger partial charge on any atom is 0.336 e. The lowest BCUT2D eigenvalue weighted by molar-refractivity contribution is -0.138. The van der Waals surface area contributed by atoms with Crippen LogP contribution in [0.3, 0.4) is 0 Å². The Morgan fingerprint density at radius 2 is 2.11 bits per heavy atom. The molecule has 4 nitrogen and oxygen atoms in total. The van der Waals surface area contributed by atoms with Crippen molar-refractivity contribution in [3.63, 3.8) is 0 Å². The fraction of sp³-hybridized carbons (Fsp3) is 0.200. The van der Waals surface area contributed by atoms with Crippen molar-refractivity contribution in [2.75, 3.05) is 6.61 Å². The molecule has 4 heteroatoms. The summed E-state index contributed by atoms with van der Waals surface area (Å²) < 4.78 is 9.97. The molecular weight excluding hydrogens is 244 g/mol. The number of rotatable bonds is 4. The van der Waals surface area contributed by atoms with Gasteiger partial charge in [-0.3, -0.25) is 0 Å². The van der Waals surface area contributed by atoms with Crippen molar-refractivity contribution in [1.82, 2.24) is 0 Å². The summed E-state index contributed by atoms with van der Waals surface area (Å²) in [6.45, 7) is 5.73. The minimum atomic E-state index is -0.445. The van der Waals surface area contributed by atoms with Crippen molar-refractivity contribution in [1.29, 1.82) is 0 Å². The molecule has 0 aliphatic carbocycles. The smallest absolute Gasteiger partial charge is 0.336 e. The molecule has 0 unspecified atom stereocenters. The van der Waals surface area contributed by atoms with Gasteiger partial charge in [0.05, 0.1) is 6.61 Å². The van der Waals surface area contributed by atoms with Gasteiger partial charge in [0.1, 0.15) is 5.58 Å². The number of ether oxygens (including phenoxy) is 1. The summed E-state index contributed by atoms with van der Waals surface area (Å²) in [6, 6.07) is 8.57. The predicted molar refractivity (Wildman–Crippen MR) is 72.0 cm³/mol. The van der Waals surface area contributed by atoms with Gasteiger partial charge in [-0.15, -0.1) is 0 Å². The Hall–Kier alpha value is -2.36. The van der Waals surface area contributed by atoms with Crippen LogP contribution in [0.5, 0.6) is 0 Å². The molecule has 0 saturated carbocycles. The van der Waals surface area contributed by atoms with Crippen molar-refractivity contribution < 1.29 is 13.9 Å². The first-order valence-electron chi connectivity index (χ1n) is 5.98. The highest BCUT2D eigenvalue weighted by atomic mass is 16.5. The van der Waals surface area contributed by atoms with E-state index in [9.17, 15) is 9.59 Å². The molecule has 0 bridgehead atoms. The molecule has 0 saturated heterocycles. The van der Waals surface area contributed by atoms with E-state index in [4.69, 9.17) is 9.15 Å². The van der Waals surface area contributed by atoms with Crippen molar-refractivity contribution in [3.8, 4) is 0 Å². The van der Waals surface area contributed by atoms with Gasteiger partial charge < -0.3 is 9.15 Å². The fourth-order valence-electron chi connectivity index (χ4n) is 1.86. The Labute approximate surface area is 110 Å². The molecule has 0 atom stereocenters. The summed E-state index contributed by atoms with van der Waals surface area (Å²) in [5.41, 5.74) is 1.09. The Bertz CT molecular complexity index is 682. The van der Waals surface area contributed by atoms with Gasteiger partial charge in [-0.2, -0.15) is 0 Å². The lowest BCUT2D eigenvalue weighted by atomic mass is 10.0. The van der Waals surface area contributed by atoms with Gasteiger partial charge in [0, 0.05) is 23.4 Å². The Kier molecular flexibility index (Phi) is 3.80. The average molecular weight is 258 g/mol. The van der Waals surface area contributed by atoms with E-state index in [1.54, 1.807) is 19.1 Å². The normalized spacial score (nSPS) is 10.4. The van der Waals surface area contributed by atoms with Crippen LogP contribution in [0.4, 0.5) is 0 Å². The zero-order valence-electron chi connectivity index (χ0n) is 10.6. The van der Waals surface area contributed by atoms with Crippen molar-refractivity contribution >= 4 is 16.9 Å². The number of hydrogen-bond donors (Lipinski definition) is 0. The van der Waals surface area contributed by atoms with Crippen LogP contribution in [0.25, 0.3) is 11.0 Å². The van der Waals surface area contributed by atoms with Crippen LogP contribution >= 0.6 is 0 Å². The first kappa shape index (κ1) is 13.1. The monoisotopic (exact) mass is 258 g/mol. The molecule has 0 N–H and O–H groups in total. The molecule has 19 heavy (non-hydrogen) atoms. The number of benzene rings is 1. The first-order valence-corrected chi connectivity index (χ1v) is 5.98. The molecule has 2 rings (SSSR count). The lowest BCUT2D eigenvalue weighted by Crippen LogP contribution is -2.10. The SMILES string of the molecule is C=C(Cc1cc(=O)oc2ccccc12)C(=O)OCC. The highest BCUT2D eigenvalue weighted by molar-refractivity contribution is 5.89. The molecule has 1 aromatic heterocycles. The number of para-hydroxylation sites is 1. The molecule has 2 aromatic rings. The van der Waals surface area contributed by atoms with E-state index in [1.165, 1.54) is 6.07 Å². The summed E-state index contributed by atoms with van der Waals surface area (Å²) in [6.07, 6.45) is 0.269. The van der Waals surface area contributed by atoms with E-state index < -0.39 is 11.6 Å². The Morgan fingerprint density at radius 3 is 2.84 bits per heavy atom. The van der Waals surface area contributed by atoms with Gasteiger partial charge in [0.25, 0.3) is 0 Å². The number of hydrogen-bond acceptors (Lipinski definition) is 4. The minimum Gasteiger partial charge on any atom is -0.463 e. The molecule has 0 amide bonds. The molecular formula is C15H14O4. The van der Waals surface area contributed by atoms with Gasteiger partial charge >= 0.3 is 11.6 Å². The van der Waals surface area contributed by atoms with Crippen molar-refractivity contribution in [3.05, 3.63) is 58.5 Å². The summed E-state index contributed by atoms with van der Waals surface area (Å²) >= 11 is 0. The predicted octanol–water partition coefficient (Wildman–Crippen LogP) is 2.45. The van der Waals surface area contributed by atoms with Gasteiger partial charge in [-0.25, -0.2) is 9.59 Å². The largest absolute Gasteiger partial charge is 0.463 e. The molecule has 0 aliphatic heterocycles. The number of esters is 1. The standard InChI is InChI=1S/C15H14O4/c1-3-18-15(17)10(2)8-11-9-14(16)19-13-7-5-4-6-12(11)13/h4-7,9H,2-3,8H2,1H3. The van der Waals surface area contributed by atoms with Crippen LogP contribution in [-0.4, -0.2) is 12.6 Å². The molecule has 1 heterocycles. The fourth-order valence-corrected chi connectivity index (χ4v) is 1.86. The molecule has 98 valence electrons. The molecule has 0 fully saturated rings. The highest BCUT2D eigenvalue weighted by Gasteiger charge is 2.12. The second-order valence-electron chi connectivity index (χ2n) is 4.09. The van der Waals surface area contributed by atoms with Gasteiger partial charge in [-0.05, 0) is 18.6 Å². The van der Waals surface area contributed by atoms with Gasteiger partial charge in [0.2, 0.25) is 0 Å². The van der Waals surface area contributed by atoms with E-state index in [1.807, 2.05) is 12.1 Å². The average Bonchev–Trinajstić information content (AvgIpc) is 2.38. The Balaban J connectivity index is 2.37. The number of carbonyl (C=O) groups excluding carboxylic acids is 1. The second kappa shape index (κ2) is 5.52. The summed E-state index contributed by atoms with van der Waals surface area (Å²) in [4.78, 5) is 23.0. The van der Waals surface area contributed by atoms with Crippen LogP contribution in [0.2, 0.25) is 0 Å². The zero-order chi connectivity index (χ0) is 13.8. The second-order valence-corrected chi connectivity index (χ2v) is 4.09. The maximum atomic E-state index is 11.5. The van der Waals surface area contributed by atoms with Crippen molar-refractivity contribution in [2.45, 2.75) is 13.3 Å². The Morgan fingerprint density at radius 1 is 1.37 bits per heavy atom. The summed E-state index contributed by atoms with van der Waals surface area (Å²) in [5.74, 6) is -0.445. The topological polar surface area (TPSA) is 56.5 Å². The molecule has 1 aromatic carbocycles. The van der Waals surface area contributed by atoms with Crippen LogP contribution < -0.4 is 5.63 Å². The number of fused-ring (bicyclic) bond motifs is 1. The third-order valence-electron chi connectivity index (χ3n) is 2.70. The lowest BCUT2D eigenvalue weighted by Gasteiger charge is -2.07. The van der Waals surface area contributed by atoms with Crippen molar-refractivity contribution in [2.24, 2.45) is 0 Å². The summed E-state index contributed by atoms with van der Waals surface area (Å²) in [5, 5.41) is 0.799. The van der Waals surface area contributed by atoms with E-state index in [0.29, 0.717) is 23.3 Å². The van der Waals surface area contributed by atoms with Crippen LogP contribution in [0, 0.1) is 0 Å². The van der Waals surface area contributed by atoms with Crippen LogP contribution in [-0.2, 0) is 16.0 Å². The van der Waals surface area contributed by atoms with Crippen LogP contribution in [0.1, 0.15) is 12.5 Å². The van der Waals surface area contributed by atoms with Gasteiger partial charge in [0.15, 0.2) is 0 Å². The third-order valence-corrected chi connectivity index (χ3v) is 2.70. The zero-order valence-corrected chi connectivity index (χ0v) is 10.6. The van der Waals surface area contributed by atoms with Crippen LogP contribution in [0.15, 0.2) is 51.7 Å². The third kappa shape index (κ3) is 2.91. The van der Waals surface area contributed by atoms with E-state index in [0.717, 1.165) is 5.39 Å². The van der Waals surface area contributed by atoms with E-state index in [-0.39, 0.29) is 6.42 Å². The molecule has 0 aliphatic rings. The first-order chi connectivity index (χ1) is 9.11. The van der Waals surface area contributed by atoms with E-state index >= 15 is 0 Å². The maximum absolute atomic E-state index is 11.5. The molecule has 0 radical (unpaired) electrons. The van der Waals surface area contributed by atoms with Gasteiger partial charge in [-0.1, -0.05) is 24.8 Å². The van der Waals surface area contributed by atoms with E-state index in [2.05, 4.69) is 6.58 Å². The highest BCUT2D eigenvalue weighted by Crippen LogP contribution is 2.19. The minimum absolute atomic E-state index is 0.269. The quantitative estimate of drug-likeness (QED) is 0.480.